The van der Waals surface area contributed by atoms with E-state index in [0.717, 1.165) is 19.4 Å². The second-order valence-corrected chi connectivity index (χ2v) is 5.10. The molecule has 0 aliphatic carbocycles. The minimum Gasteiger partial charge on any atom is -0.493 e. The smallest absolute Gasteiger partial charge is 0.255 e. The normalized spacial score (nSPS) is 22.1. The van der Waals surface area contributed by atoms with Gasteiger partial charge in [-0.15, -0.1) is 0 Å². The maximum absolute atomic E-state index is 12.4. The molecule has 2 N–H and O–H groups in total. The number of ether oxygens (including phenoxy) is 2. The molecule has 0 saturated carbocycles. The average molecular weight is 278 g/mol. The van der Waals surface area contributed by atoms with Gasteiger partial charge in [0.1, 0.15) is 0 Å². The lowest BCUT2D eigenvalue weighted by Crippen LogP contribution is -2.48. The lowest BCUT2D eigenvalue weighted by Gasteiger charge is -2.28. The molecule has 1 amide bonds. The standard InChI is InChI=1S/C15H22N2O3/c1-10-7-8-11(9-16-10)17-15(18)12-5-4-6-13(19-2)14(12)20-3/h4-6,10-11,16H,7-9H2,1-3H3,(H,17,18). The van der Waals surface area contributed by atoms with E-state index in [1.54, 1.807) is 32.4 Å². The molecular formula is C15H22N2O3. The van der Waals surface area contributed by atoms with Crippen LogP contribution in [0, 0.1) is 0 Å². The van der Waals surface area contributed by atoms with Gasteiger partial charge in [-0.1, -0.05) is 6.07 Å². The zero-order chi connectivity index (χ0) is 14.5. The van der Waals surface area contributed by atoms with Gasteiger partial charge in [0.2, 0.25) is 0 Å². The van der Waals surface area contributed by atoms with E-state index < -0.39 is 0 Å². The SMILES string of the molecule is COc1cccc(C(=O)NC2CCC(C)NC2)c1OC. The number of amides is 1. The highest BCUT2D eigenvalue weighted by atomic mass is 16.5. The summed E-state index contributed by atoms with van der Waals surface area (Å²) in [5.41, 5.74) is 0.505. The van der Waals surface area contributed by atoms with E-state index in [1.165, 1.54) is 0 Å². The van der Waals surface area contributed by atoms with E-state index in [0.29, 0.717) is 23.1 Å². The molecular weight excluding hydrogens is 256 g/mol. The first kappa shape index (κ1) is 14.7. The van der Waals surface area contributed by atoms with Gasteiger partial charge in [0, 0.05) is 18.6 Å². The summed E-state index contributed by atoms with van der Waals surface area (Å²) in [7, 11) is 3.10. The predicted molar refractivity (Wildman–Crippen MR) is 77.5 cm³/mol. The van der Waals surface area contributed by atoms with Gasteiger partial charge in [-0.3, -0.25) is 4.79 Å². The van der Waals surface area contributed by atoms with Crippen molar-refractivity contribution in [1.82, 2.24) is 10.6 Å². The van der Waals surface area contributed by atoms with Crippen LogP contribution in [-0.2, 0) is 0 Å². The Kier molecular flexibility index (Phi) is 4.84. The van der Waals surface area contributed by atoms with E-state index >= 15 is 0 Å². The molecule has 0 spiro atoms. The molecule has 1 heterocycles. The van der Waals surface area contributed by atoms with Crippen molar-refractivity contribution >= 4 is 5.91 Å². The average Bonchev–Trinajstić information content (AvgIpc) is 2.48. The van der Waals surface area contributed by atoms with Crippen molar-refractivity contribution in [2.24, 2.45) is 0 Å². The first-order chi connectivity index (χ1) is 9.65. The first-order valence-electron chi connectivity index (χ1n) is 6.91. The molecule has 1 aromatic rings. The van der Waals surface area contributed by atoms with Gasteiger partial charge in [-0.05, 0) is 31.9 Å². The number of hydrogen-bond donors (Lipinski definition) is 2. The summed E-state index contributed by atoms with van der Waals surface area (Å²) < 4.78 is 10.5. The van der Waals surface area contributed by atoms with E-state index in [9.17, 15) is 4.79 Å². The molecule has 1 saturated heterocycles. The summed E-state index contributed by atoms with van der Waals surface area (Å²) in [5.74, 6) is 0.919. The molecule has 1 fully saturated rings. The van der Waals surface area contributed by atoms with Crippen LogP contribution in [0.25, 0.3) is 0 Å². The number of para-hydroxylation sites is 1. The summed E-state index contributed by atoms with van der Waals surface area (Å²) in [5, 5.41) is 6.41. The highest BCUT2D eigenvalue weighted by Gasteiger charge is 2.22. The Bertz CT molecular complexity index is 468. The maximum Gasteiger partial charge on any atom is 0.255 e. The van der Waals surface area contributed by atoms with Crippen molar-refractivity contribution < 1.29 is 14.3 Å². The van der Waals surface area contributed by atoms with Crippen molar-refractivity contribution in [2.75, 3.05) is 20.8 Å². The summed E-state index contributed by atoms with van der Waals surface area (Å²) in [6.45, 7) is 2.96. The number of methoxy groups -OCH3 is 2. The lowest BCUT2D eigenvalue weighted by molar-refractivity contribution is 0.0924. The summed E-state index contributed by atoms with van der Waals surface area (Å²) in [6.07, 6.45) is 2.06. The van der Waals surface area contributed by atoms with Crippen molar-refractivity contribution in [3.63, 3.8) is 0 Å². The topological polar surface area (TPSA) is 59.6 Å². The highest BCUT2D eigenvalue weighted by Crippen LogP contribution is 2.30. The highest BCUT2D eigenvalue weighted by molar-refractivity contribution is 5.98. The second kappa shape index (κ2) is 6.61. The number of rotatable bonds is 4. The van der Waals surface area contributed by atoms with Crippen LogP contribution in [0.15, 0.2) is 18.2 Å². The molecule has 0 aromatic heterocycles. The van der Waals surface area contributed by atoms with Crippen LogP contribution in [0.1, 0.15) is 30.1 Å². The van der Waals surface area contributed by atoms with Crippen LogP contribution in [0.3, 0.4) is 0 Å². The molecule has 5 nitrogen and oxygen atoms in total. The third-order valence-electron chi connectivity index (χ3n) is 3.64. The molecule has 2 unspecified atom stereocenters. The largest absolute Gasteiger partial charge is 0.493 e. The molecule has 110 valence electrons. The number of carbonyl (C=O) groups excluding carboxylic acids is 1. The molecule has 1 aliphatic heterocycles. The third kappa shape index (κ3) is 3.22. The molecule has 1 aliphatic rings. The van der Waals surface area contributed by atoms with Crippen LogP contribution in [0.2, 0.25) is 0 Å². The summed E-state index contributed by atoms with van der Waals surface area (Å²) >= 11 is 0. The minimum atomic E-state index is -0.123. The maximum atomic E-state index is 12.4. The number of nitrogens with one attached hydrogen (secondary N) is 2. The Morgan fingerprint density at radius 3 is 2.70 bits per heavy atom. The van der Waals surface area contributed by atoms with Crippen LogP contribution < -0.4 is 20.1 Å². The molecule has 0 bridgehead atoms. The molecule has 1 aromatic carbocycles. The Labute approximate surface area is 119 Å². The molecule has 2 rings (SSSR count). The van der Waals surface area contributed by atoms with E-state index in [-0.39, 0.29) is 11.9 Å². The number of hydrogen-bond acceptors (Lipinski definition) is 4. The van der Waals surface area contributed by atoms with Crippen molar-refractivity contribution in [3.8, 4) is 11.5 Å². The van der Waals surface area contributed by atoms with Gasteiger partial charge in [-0.25, -0.2) is 0 Å². The molecule has 20 heavy (non-hydrogen) atoms. The number of piperidine rings is 1. The van der Waals surface area contributed by atoms with E-state index in [4.69, 9.17) is 9.47 Å². The lowest BCUT2D eigenvalue weighted by atomic mass is 10.0. The fourth-order valence-corrected chi connectivity index (χ4v) is 2.45. The van der Waals surface area contributed by atoms with Crippen molar-refractivity contribution in [3.05, 3.63) is 23.8 Å². The fourth-order valence-electron chi connectivity index (χ4n) is 2.45. The van der Waals surface area contributed by atoms with Gasteiger partial charge in [-0.2, -0.15) is 0 Å². The summed E-state index contributed by atoms with van der Waals surface area (Å²) in [4.78, 5) is 12.4. The Morgan fingerprint density at radius 1 is 1.30 bits per heavy atom. The van der Waals surface area contributed by atoms with Crippen LogP contribution in [0.4, 0.5) is 0 Å². The number of carbonyl (C=O) groups is 1. The Morgan fingerprint density at radius 2 is 2.10 bits per heavy atom. The van der Waals surface area contributed by atoms with E-state index in [2.05, 4.69) is 17.6 Å². The number of benzene rings is 1. The second-order valence-electron chi connectivity index (χ2n) is 5.10. The molecule has 0 radical (unpaired) electrons. The quantitative estimate of drug-likeness (QED) is 0.878. The first-order valence-corrected chi connectivity index (χ1v) is 6.91. The Balaban J connectivity index is 2.09. The third-order valence-corrected chi connectivity index (χ3v) is 3.64. The van der Waals surface area contributed by atoms with Gasteiger partial charge in [0.05, 0.1) is 19.8 Å². The monoisotopic (exact) mass is 278 g/mol. The van der Waals surface area contributed by atoms with E-state index in [1.807, 2.05) is 0 Å². The zero-order valence-corrected chi connectivity index (χ0v) is 12.2. The fraction of sp³-hybridized carbons (Fsp3) is 0.533. The predicted octanol–water partition coefficient (Wildman–Crippen LogP) is 1.57. The van der Waals surface area contributed by atoms with Crippen LogP contribution in [-0.4, -0.2) is 38.8 Å². The minimum absolute atomic E-state index is 0.123. The van der Waals surface area contributed by atoms with Crippen molar-refractivity contribution in [1.29, 1.82) is 0 Å². The van der Waals surface area contributed by atoms with Crippen LogP contribution >= 0.6 is 0 Å². The molecule has 2 atom stereocenters. The van der Waals surface area contributed by atoms with Gasteiger partial charge in [0.15, 0.2) is 11.5 Å². The van der Waals surface area contributed by atoms with Crippen LogP contribution in [0.5, 0.6) is 11.5 Å². The van der Waals surface area contributed by atoms with Crippen molar-refractivity contribution in [2.45, 2.75) is 31.8 Å². The zero-order valence-electron chi connectivity index (χ0n) is 12.2. The van der Waals surface area contributed by atoms with Gasteiger partial charge in [0.25, 0.3) is 5.91 Å². The van der Waals surface area contributed by atoms with Gasteiger partial charge >= 0.3 is 0 Å². The molecule has 5 heteroatoms. The van der Waals surface area contributed by atoms with Gasteiger partial charge < -0.3 is 20.1 Å². The summed E-state index contributed by atoms with van der Waals surface area (Å²) in [6, 6.07) is 6.00. The Hall–Kier alpha value is -1.75.